The molecule has 0 atom stereocenters. The summed E-state index contributed by atoms with van der Waals surface area (Å²) >= 11 is 6.27. The molecule has 23 heavy (non-hydrogen) atoms. The SMILES string of the molecule is COC(=O)c1ccc(-c2cc(Cl)c3cnccc3n2)c(C#N)c1. The molecule has 6 heteroatoms. The fraction of sp³-hybridized carbons (Fsp3) is 0.0588. The van der Waals surface area contributed by atoms with E-state index in [1.54, 1.807) is 36.7 Å². The summed E-state index contributed by atoms with van der Waals surface area (Å²) < 4.78 is 4.67. The van der Waals surface area contributed by atoms with Crippen molar-refractivity contribution in [3.63, 3.8) is 0 Å². The number of pyridine rings is 2. The van der Waals surface area contributed by atoms with Gasteiger partial charge in [0.2, 0.25) is 0 Å². The van der Waals surface area contributed by atoms with Gasteiger partial charge in [-0.1, -0.05) is 17.7 Å². The van der Waals surface area contributed by atoms with E-state index in [-0.39, 0.29) is 0 Å². The average Bonchev–Trinajstić information content (AvgIpc) is 2.60. The Balaban J connectivity index is 2.19. The van der Waals surface area contributed by atoms with Crippen molar-refractivity contribution >= 4 is 28.5 Å². The van der Waals surface area contributed by atoms with Gasteiger partial charge in [-0.25, -0.2) is 9.78 Å². The fourth-order valence-electron chi connectivity index (χ4n) is 2.27. The average molecular weight is 324 g/mol. The first kappa shape index (κ1) is 14.9. The molecular formula is C17H10ClN3O2. The van der Waals surface area contributed by atoms with Crippen molar-refractivity contribution in [3.8, 4) is 17.3 Å². The topological polar surface area (TPSA) is 75.9 Å². The summed E-state index contributed by atoms with van der Waals surface area (Å²) in [4.78, 5) is 20.1. The highest BCUT2D eigenvalue weighted by molar-refractivity contribution is 6.35. The molecule has 0 N–H and O–H groups in total. The lowest BCUT2D eigenvalue weighted by atomic mass is 10.0. The number of halogens is 1. The summed E-state index contributed by atoms with van der Waals surface area (Å²) in [5.41, 5.74) is 2.47. The molecule has 3 rings (SSSR count). The summed E-state index contributed by atoms with van der Waals surface area (Å²) in [6, 6.07) is 10.2. The minimum absolute atomic E-state index is 0.309. The zero-order valence-electron chi connectivity index (χ0n) is 12.1. The Labute approximate surface area is 137 Å². The quantitative estimate of drug-likeness (QED) is 0.673. The van der Waals surface area contributed by atoms with Crippen molar-refractivity contribution in [1.82, 2.24) is 9.97 Å². The highest BCUT2D eigenvalue weighted by atomic mass is 35.5. The molecule has 0 radical (unpaired) electrons. The third kappa shape index (κ3) is 2.72. The second-order valence-electron chi connectivity index (χ2n) is 4.75. The number of aromatic nitrogens is 2. The van der Waals surface area contributed by atoms with Crippen molar-refractivity contribution in [2.24, 2.45) is 0 Å². The van der Waals surface area contributed by atoms with Gasteiger partial charge in [-0.2, -0.15) is 5.26 Å². The maximum absolute atomic E-state index is 11.6. The molecule has 0 aliphatic carbocycles. The van der Waals surface area contributed by atoms with Crippen LogP contribution >= 0.6 is 11.6 Å². The number of methoxy groups -OCH3 is 1. The van der Waals surface area contributed by atoms with Gasteiger partial charge in [0.15, 0.2) is 0 Å². The number of carbonyl (C=O) groups is 1. The smallest absolute Gasteiger partial charge is 0.337 e. The minimum Gasteiger partial charge on any atom is -0.465 e. The lowest BCUT2D eigenvalue weighted by Crippen LogP contribution is -2.02. The van der Waals surface area contributed by atoms with Gasteiger partial charge in [-0.15, -0.1) is 0 Å². The molecule has 0 aliphatic rings. The van der Waals surface area contributed by atoms with Crippen molar-refractivity contribution in [1.29, 1.82) is 5.26 Å². The van der Waals surface area contributed by atoms with Gasteiger partial charge in [-0.05, 0) is 24.3 Å². The first-order valence-corrected chi connectivity index (χ1v) is 7.05. The van der Waals surface area contributed by atoms with Gasteiger partial charge in [0.05, 0.1) is 40.5 Å². The molecule has 0 unspecified atom stereocenters. The predicted molar refractivity (Wildman–Crippen MR) is 86.0 cm³/mol. The first-order chi connectivity index (χ1) is 11.1. The van der Waals surface area contributed by atoms with Crippen LogP contribution in [-0.4, -0.2) is 23.0 Å². The molecule has 0 aliphatic heterocycles. The molecule has 0 amide bonds. The van der Waals surface area contributed by atoms with Gasteiger partial charge in [0.25, 0.3) is 0 Å². The number of rotatable bonds is 2. The number of nitrogens with zero attached hydrogens (tertiary/aromatic N) is 3. The second kappa shape index (κ2) is 6.03. The van der Waals surface area contributed by atoms with Crippen LogP contribution in [0.25, 0.3) is 22.2 Å². The van der Waals surface area contributed by atoms with Crippen molar-refractivity contribution in [2.45, 2.75) is 0 Å². The Morgan fingerprint density at radius 1 is 1.30 bits per heavy atom. The van der Waals surface area contributed by atoms with Crippen LogP contribution in [0.1, 0.15) is 15.9 Å². The maximum atomic E-state index is 11.6. The number of carbonyl (C=O) groups excluding carboxylic acids is 1. The first-order valence-electron chi connectivity index (χ1n) is 6.67. The second-order valence-corrected chi connectivity index (χ2v) is 5.15. The lowest BCUT2D eigenvalue weighted by molar-refractivity contribution is 0.0600. The van der Waals surface area contributed by atoms with Crippen LogP contribution < -0.4 is 0 Å². The van der Waals surface area contributed by atoms with Gasteiger partial charge < -0.3 is 4.74 Å². The van der Waals surface area contributed by atoms with Gasteiger partial charge >= 0.3 is 5.97 Å². The van der Waals surface area contributed by atoms with Crippen molar-refractivity contribution < 1.29 is 9.53 Å². The van der Waals surface area contributed by atoms with E-state index in [2.05, 4.69) is 20.8 Å². The summed E-state index contributed by atoms with van der Waals surface area (Å²) in [5, 5.41) is 10.6. The molecular weight excluding hydrogens is 314 g/mol. The Morgan fingerprint density at radius 3 is 2.87 bits per heavy atom. The normalized spacial score (nSPS) is 10.3. The molecule has 1 aromatic carbocycles. The molecule has 3 aromatic rings. The van der Waals surface area contributed by atoms with E-state index in [1.807, 2.05) is 0 Å². The van der Waals surface area contributed by atoms with Crippen LogP contribution in [0.4, 0.5) is 0 Å². The molecule has 0 bridgehead atoms. The molecule has 2 heterocycles. The number of fused-ring (bicyclic) bond motifs is 1. The summed E-state index contributed by atoms with van der Waals surface area (Å²) in [6.07, 6.45) is 3.26. The van der Waals surface area contributed by atoms with E-state index in [0.717, 1.165) is 5.39 Å². The van der Waals surface area contributed by atoms with E-state index in [0.29, 0.717) is 32.9 Å². The highest BCUT2D eigenvalue weighted by Crippen LogP contribution is 2.29. The van der Waals surface area contributed by atoms with E-state index < -0.39 is 5.97 Å². The number of hydrogen-bond donors (Lipinski definition) is 0. The van der Waals surface area contributed by atoms with Gasteiger partial charge in [0.1, 0.15) is 0 Å². The third-order valence-corrected chi connectivity index (χ3v) is 3.71. The molecule has 5 nitrogen and oxygen atoms in total. The number of esters is 1. The minimum atomic E-state index is -0.497. The van der Waals surface area contributed by atoms with Gasteiger partial charge in [-0.3, -0.25) is 4.98 Å². The van der Waals surface area contributed by atoms with E-state index in [4.69, 9.17) is 11.6 Å². The number of nitriles is 1. The molecule has 2 aromatic heterocycles. The Morgan fingerprint density at radius 2 is 2.13 bits per heavy atom. The van der Waals surface area contributed by atoms with E-state index in [9.17, 15) is 10.1 Å². The Bertz CT molecular complexity index is 964. The predicted octanol–water partition coefficient (Wildman–Crippen LogP) is 3.61. The Kier molecular flexibility index (Phi) is 3.92. The summed E-state index contributed by atoms with van der Waals surface area (Å²) in [5.74, 6) is -0.497. The number of hydrogen-bond acceptors (Lipinski definition) is 5. The fourth-order valence-corrected chi connectivity index (χ4v) is 2.52. The molecule has 0 saturated heterocycles. The van der Waals surface area contributed by atoms with Crippen LogP contribution in [0, 0.1) is 11.3 Å². The standard InChI is InChI=1S/C17H10ClN3O2/c1-23-17(22)10-2-3-12(11(6-10)8-19)16-7-14(18)13-9-20-5-4-15(13)21-16/h2-7,9H,1H3. The van der Waals surface area contributed by atoms with Crippen molar-refractivity contribution in [3.05, 3.63) is 58.9 Å². The van der Waals surface area contributed by atoms with Crippen molar-refractivity contribution in [2.75, 3.05) is 7.11 Å². The summed E-state index contributed by atoms with van der Waals surface area (Å²) in [6.45, 7) is 0. The summed E-state index contributed by atoms with van der Waals surface area (Å²) in [7, 11) is 1.29. The van der Waals surface area contributed by atoms with Crippen LogP contribution in [0.5, 0.6) is 0 Å². The largest absolute Gasteiger partial charge is 0.465 e. The van der Waals surface area contributed by atoms with E-state index >= 15 is 0 Å². The lowest BCUT2D eigenvalue weighted by Gasteiger charge is -2.08. The van der Waals surface area contributed by atoms with Crippen LogP contribution in [0.2, 0.25) is 5.02 Å². The zero-order chi connectivity index (χ0) is 16.4. The number of ether oxygens (including phenoxy) is 1. The van der Waals surface area contributed by atoms with Crippen LogP contribution in [0.15, 0.2) is 42.7 Å². The third-order valence-electron chi connectivity index (χ3n) is 3.40. The molecule has 0 fully saturated rings. The van der Waals surface area contributed by atoms with Gasteiger partial charge in [0, 0.05) is 23.3 Å². The Hall–Kier alpha value is -2.97. The molecule has 112 valence electrons. The molecule has 0 saturated carbocycles. The van der Waals surface area contributed by atoms with Crippen LogP contribution in [-0.2, 0) is 4.74 Å². The molecule has 0 spiro atoms. The highest BCUT2D eigenvalue weighted by Gasteiger charge is 2.13. The maximum Gasteiger partial charge on any atom is 0.337 e. The zero-order valence-corrected chi connectivity index (χ0v) is 12.8. The van der Waals surface area contributed by atoms with E-state index in [1.165, 1.54) is 13.2 Å². The number of benzene rings is 1. The van der Waals surface area contributed by atoms with Crippen LogP contribution in [0.3, 0.4) is 0 Å². The monoisotopic (exact) mass is 323 g/mol.